The van der Waals surface area contributed by atoms with Crippen LogP contribution in [0, 0.1) is 11.8 Å². The second-order valence-electron chi connectivity index (χ2n) is 8.44. The normalized spacial score (nSPS) is 22.1. The lowest BCUT2D eigenvalue weighted by molar-refractivity contribution is 0.0955. The van der Waals surface area contributed by atoms with Gasteiger partial charge in [-0.15, -0.1) is 11.3 Å². The van der Waals surface area contributed by atoms with Gasteiger partial charge in [0.25, 0.3) is 5.91 Å². The summed E-state index contributed by atoms with van der Waals surface area (Å²) in [6.07, 6.45) is 6.02. The molecule has 2 aromatic heterocycles. The summed E-state index contributed by atoms with van der Waals surface area (Å²) in [5.74, 6) is 0.735. The molecular weight excluding hydrogens is 416 g/mol. The molecule has 2 heterocycles. The number of aromatic nitrogens is 1. The Bertz CT molecular complexity index is 1110. The van der Waals surface area contributed by atoms with Gasteiger partial charge in [-0.25, -0.2) is 8.42 Å². The quantitative estimate of drug-likeness (QED) is 0.614. The lowest BCUT2D eigenvalue weighted by Gasteiger charge is -2.31. The van der Waals surface area contributed by atoms with Crippen molar-refractivity contribution in [3.05, 3.63) is 59.2 Å². The Morgan fingerprint density at radius 2 is 1.80 bits per heavy atom. The van der Waals surface area contributed by atoms with E-state index in [9.17, 15) is 13.2 Å². The SMILES string of the molecule is CC1CC(C)CC(S(=O)(=O)c2ccc(CNC(=O)c3cc4ccncc4s3)cc2)C1. The van der Waals surface area contributed by atoms with Gasteiger partial charge in [-0.05, 0) is 66.3 Å². The van der Waals surface area contributed by atoms with Crippen molar-refractivity contribution in [2.45, 2.75) is 49.8 Å². The minimum absolute atomic E-state index is 0.141. The lowest BCUT2D eigenvalue weighted by atomic mass is 9.83. The Kier molecular flexibility index (Phi) is 5.93. The minimum atomic E-state index is -3.33. The van der Waals surface area contributed by atoms with Gasteiger partial charge in [-0.3, -0.25) is 9.78 Å². The number of nitrogens with zero attached hydrogens (tertiary/aromatic N) is 1. The van der Waals surface area contributed by atoms with Crippen LogP contribution >= 0.6 is 11.3 Å². The highest BCUT2D eigenvalue weighted by Crippen LogP contribution is 2.35. The fraction of sp³-hybridized carbons (Fsp3) is 0.391. The van der Waals surface area contributed by atoms with Crippen LogP contribution in [0.5, 0.6) is 0 Å². The van der Waals surface area contributed by atoms with E-state index in [0.717, 1.165) is 34.9 Å². The van der Waals surface area contributed by atoms with Crippen molar-refractivity contribution >= 4 is 37.2 Å². The maximum Gasteiger partial charge on any atom is 0.261 e. The van der Waals surface area contributed by atoms with E-state index in [1.165, 1.54) is 11.3 Å². The monoisotopic (exact) mass is 442 g/mol. The molecule has 7 heteroatoms. The third kappa shape index (κ3) is 4.42. The zero-order valence-corrected chi connectivity index (χ0v) is 18.8. The molecule has 0 bridgehead atoms. The van der Waals surface area contributed by atoms with Gasteiger partial charge in [-0.2, -0.15) is 0 Å². The van der Waals surface area contributed by atoms with Crippen LogP contribution in [-0.2, 0) is 16.4 Å². The fourth-order valence-corrected chi connectivity index (χ4v) is 7.39. The van der Waals surface area contributed by atoms with Crippen LogP contribution in [0.1, 0.15) is 48.3 Å². The molecule has 1 saturated carbocycles. The summed E-state index contributed by atoms with van der Waals surface area (Å²) in [5.41, 5.74) is 0.871. The Hall–Kier alpha value is -2.25. The van der Waals surface area contributed by atoms with E-state index in [1.807, 2.05) is 12.1 Å². The molecule has 1 aromatic carbocycles. The molecule has 0 saturated heterocycles. The molecule has 5 nitrogen and oxygen atoms in total. The summed E-state index contributed by atoms with van der Waals surface area (Å²) >= 11 is 1.41. The molecule has 1 aliphatic rings. The summed E-state index contributed by atoms with van der Waals surface area (Å²) in [6.45, 7) is 4.62. The van der Waals surface area contributed by atoms with Gasteiger partial charge in [0, 0.05) is 18.9 Å². The summed E-state index contributed by atoms with van der Waals surface area (Å²) in [7, 11) is -3.33. The standard InChI is InChI=1S/C23H26N2O3S2/c1-15-9-16(2)11-20(10-15)30(27,28)19-5-3-17(4-6-19)13-25-23(26)21-12-18-7-8-24-14-22(18)29-21/h3-8,12,14-16,20H,9-11,13H2,1-2H3,(H,25,26). The van der Waals surface area contributed by atoms with E-state index in [1.54, 1.807) is 36.7 Å². The Balaban J connectivity index is 1.41. The lowest BCUT2D eigenvalue weighted by Crippen LogP contribution is -2.31. The first-order chi connectivity index (χ1) is 14.3. The largest absolute Gasteiger partial charge is 0.347 e. The van der Waals surface area contributed by atoms with Crippen LogP contribution < -0.4 is 5.32 Å². The van der Waals surface area contributed by atoms with Crippen molar-refractivity contribution < 1.29 is 13.2 Å². The van der Waals surface area contributed by atoms with Gasteiger partial charge in [0.2, 0.25) is 0 Å². The molecular formula is C23H26N2O3S2. The molecule has 158 valence electrons. The number of carbonyl (C=O) groups excluding carboxylic acids is 1. The van der Waals surface area contributed by atoms with Gasteiger partial charge in [-0.1, -0.05) is 26.0 Å². The zero-order valence-electron chi connectivity index (χ0n) is 17.2. The first kappa shape index (κ1) is 21.0. The number of nitrogens with one attached hydrogen (secondary N) is 1. The van der Waals surface area contributed by atoms with Gasteiger partial charge < -0.3 is 5.32 Å². The third-order valence-corrected chi connectivity index (χ3v) is 9.10. The number of hydrogen-bond acceptors (Lipinski definition) is 5. The molecule has 1 fully saturated rings. The van der Waals surface area contributed by atoms with Crippen LogP contribution in [0.15, 0.2) is 53.7 Å². The molecule has 0 spiro atoms. The molecule has 0 radical (unpaired) electrons. The number of sulfone groups is 1. The van der Waals surface area contributed by atoms with Gasteiger partial charge >= 0.3 is 0 Å². The summed E-state index contributed by atoms with van der Waals surface area (Å²) in [4.78, 5) is 17.6. The number of amides is 1. The maximum absolute atomic E-state index is 13.1. The fourth-order valence-electron chi connectivity index (χ4n) is 4.38. The van der Waals surface area contributed by atoms with E-state index in [0.29, 0.717) is 28.2 Å². The van der Waals surface area contributed by atoms with Crippen molar-refractivity contribution in [1.82, 2.24) is 10.3 Å². The first-order valence-corrected chi connectivity index (χ1v) is 12.6. The molecule has 30 heavy (non-hydrogen) atoms. The van der Waals surface area contributed by atoms with E-state index in [4.69, 9.17) is 0 Å². The Morgan fingerprint density at radius 3 is 2.47 bits per heavy atom. The van der Waals surface area contributed by atoms with Crippen LogP contribution in [0.2, 0.25) is 0 Å². The summed E-state index contributed by atoms with van der Waals surface area (Å²) in [5, 5.41) is 3.61. The molecule has 1 amide bonds. The summed E-state index contributed by atoms with van der Waals surface area (Å²) < 4.78 is 27.1. The van der Waals surface area contributed by atoms with Crippen LogP contribution in [0.3, 0.4) is 0 Å². The predicted molar refractivity (Wildman–Crippen MR) is 120 cm³/mol. The second kappa shape index (κ2) is 8.47. The number of rotatable bonds is 5. The van der Waals surface area contributed by atoms with E-state index >= 15 is 0 Å². The highest BCUT2D eigenvalue weighted by molar-refractivity contribution is 7.92. The number of hydrogen-bond donors (Lipinski definition) is 1. The van der Waals surface area contributed by atoms with E-state index < -0.39 is 9.84 Å². The Labute approximate surface area is 181 Å². The van der Waals surface area contributed by atoms with Crippen LogP contribution in [-0.4, -0.2) is 24.6 Å². The van der Waals surface area contributed by atoms with Crippen molar-refractivity contribution in [3.8, 4) is 0 Å². The van der Waals surface area contributed by atoms with Crippen molar-refractivity contribution in [2.24, 2.45) is 11.8 Å². The zero-order chi connectivity index (χ0) is 21.3. The van der Waals surface area contributed by atoms with Gasteiger partial charge in [0.05, 0.1) is 19.7 Å². The molecule has 2 unspecified atom stereocenters. The Morgan fingerprint density at radius 1 is 1.10 bits per heavy atom. The van der Waals surface area contributed by atoms with Crippen molar-refractivity contribution in [3.63, 3.8) is 0 Å². The van der Waals surface area contributed by atoms with Gasteiger partial charge in [0.1, 0.15) is 0 Å². The minimum Gasteiger partial charge on any atom is -0.347 e. The third-order valence-electron chi connectivity index (χ3n) is 5.83. The van der Waals surface area contributed by atoms with E-state index in [2.05, 4.69) is 24.1 Å². The molecule has 4 rings (SSSR count). The maximum atomic E-state index is 13.1. The number of fused-ring (bicyclic) bond motifs is 1. The van der Waals surface area contributed by atoms with Gasteiger partial charge in [0.15, 0.2) is 9.84 Å². The molecule has 3 aromatic rings. The average molecular weight is 443 g/mol. The number of carbonyl (C=O) groups is 1. The van der Waals surface area contributed by atoms with E-state index in [-0.39, 0.29) is 11.2 Å². The predicted octanol–water partition coefficient (Wildman–Crippen LogP) is 4.82. The number of thiophene rings is 1. The molecule has 1 aliphatic carbocycles. The summed E-state index contributed by atoms with van der Waals surface area (Å²) in [6, 6.07) is 10.7. The topological polar surface area (TPSA) is 76.1 Å². The second-order valence-corrected chi connectivity index (χ2v) is 11.7. The highest BCUT2D eigenvalue weighted by atomic mass is 32.2. The molecule has 2 atom stereocenters. The first-order valence-electron chi connectivity index (χ1n) is 10.3. The van der Waals surface area contributed by atoms with Crippen LogP contribution in [0.25, 0.3) is 10.1 Å². The highest BCUT2D eigenvalue weighted by Gasteiger charge is 2.34. The number of benzene rings is 1. The number of pyridine rings is 1. The smallest absolute Gasteiger partial charge is 0.261 e. The average Bonchev–Trinajstić information content (AvgIpc) is 3.16. The molecule has 1 N–H and O–H groups in total. The van der Waals surface area contributed by atoms with Crippen molar-refractivity contribution in [2.75, 3.05) is 0 Å². The van der Waals surface area contributed by atoms with Crippen molar-refractivity contribution in [1.29, 1.82) is 0 Å². The van der Waals surface area contributed by atoms with Crippen LogP contribution in [0.4, 0.5) is 0 Å². The molecule has 0 aliphatic heterocycles.